The summed E-state index contributed by atoms with van der Waals surface area (Å²) in [5.74, 6) is 0.256. The van der Waals surface area contributed by atoms with Gasteiger partial charge in [-0.1, -0.05) is 12.1 Å². The highest BCUT2D eigenvalue weighted by molar-refractivity contribution is 9.10. The normalized spacial score (nSPS) is 10.1. The number of nitrogens with one attached hydrogen (secondary N) is 1. The van der Waals surface area contributed by atoms with Crippen LogP contribution in [0.1, 0.15) is 5.56 Å². The molecule has 5 heteroatoms. The van der Waals surface area contributed by atoms with Crippen LogP contribution in [0, 0.1) is 11.2 Å². The van der Waals surface area contributed by atoms with Crippen LogP contribution in [0.4, 0.5) is 4.39 Å². The van der Waals surface area contributed by atoms with Gasteiger partial charge in [0, 0.05) is 6.07 Å². The zero-order valence-corrected chi connectivity index (χ0v) is 10.9. The Morgan fingerprint density at radius 3 is 2.61 bits per heavy atom. The van der Waals surface area contributed by atoms with E-state index in [1.54, 1.807) is 30.3 Å². The number of benzene rings is 2. The highest BCUT2D eigenvalue weighted by Gasteiger charge is 2.09. The van der Waals surface area contributed by atoms with Crippen LogP contribution in [0.2, 0.25) is 0 Å². The van der Waals surface area contributed by atoms with Crippen molar-refractivity contribution in [2.75, 3.05) is 0 Å². The third-order valence-electron chi connectivity index (χ3n) is 2.29. The minimum Gasteiger partial charge on any atom is -0.455 e. The number of hydrogen-bond acceptors (Lipinski definition) is 2. The van der Waals surface area contributed by atoms with Gasteiger partial charge in [0.1, 0.15) is 23.2 Å². The maximum Gasteiger partial charge on any atom is 0.144 e. The van der Waals surface area contributed by atoms with Crippen molar-refractivity contribution in [3.63, 3.8) is 0 Å². The lowest BCUT2D eigenvalue weighted by Crippen LogP contribution is -2.12. The van der Waals surface area contributed by atoms with Crippen LogP contribution in [0.3, 0.4) is 0 Å². The number of hydrogen-bond donors (Lipinski definition) is 2. The SMILES string of the molecule is N=C(N)c1ccccc1Oc1cc(F)ccc1Br. The molecule has 0 amide bonds. The van der Waals surface area contributed by atoms with Crippen LogP contribution in [0.5, 0.6) is 11.5 Å². The molecule has 2 aromatic carbocycles. The molecule has 0 aliphatic heterocycles. The molecule has 3 N–H and O–H groups in total. The van der Waals surface area contributed by atoms with Crippen molar-refractivity contribution in [3.05, 3.63) is 58.3 Å². The van der Waals surface area contributed by atoms with Crippen LogP contribution in [0.25, 0.3) is 0 Å². The third-order valence-corrected chi connectivity index (χ3v) is 2.95. The summed E-state index contributed by atoms with van der Waals surface area (Å²) in [5.41, 5.74) is 5.92. The molecule has 2 aromatic rings. The van der Waals surface area contributed by atoms with E-state index >= 15 is 0 Å². The molecule has 0 aromatic heterocycles. The van der Waals surface area contributed by atoms with E-state index in [0.717, 1.165) is 0 Å². The van der Waals surface area contributed by atoms with Gasteiger partial charge >= 0.3 is 0 Å². The lowest BCUT2D eigenvalue weighted by Gasteiger charge is -2.11. The van der Waals surface area contributed by atoms with Gasteiger partial charge in [-0.3, -0.25) is 5.41 Å². The van der Waals surface area contributed by atoms with E-state index in [9.17, 15) is 4.39 Å². The lowest BCUT2D eigenvalue weighted by molar-refractivity contribution is 0.472. The summed E-state index contributed by atoms with van der Waals surface area (Å²) < 4.78 is 19.3. The number of para-hydroxylation sites is 1. The molecule has 0 aliphatic rings. The first-order chi connectivity index (χ1) is 8.58. The zero-order valence-electron chi connectivity index (χ0n) is 9.28. The molecule has 0 fully saturated rings. The molecule has 0 spiro atoms. The second kappa shape index (κ2) is 5.18. The molecule has 0 unspecified atom stereocenters. The summed E-state index contributed by atoms with van der Waals surface area (Å²) in [6.45, 7) is 0. The van der Waals surface area contributed by atoms with Crippen LogP contribution in [-0.4, -0.2) is 5.84 Å². The molecular formula is C13H10BrFN2O. The van der Waals surface area contributed by atoms with E-state index in [-0.39, 0.29) is 5.84 Å². The molecule has 2 rings (SSSR count). The maximum absolute atomic E-state index is 13.1. The van der Waals surface area contributed by atoms with E-state index in [2.05, 4.69) is 15.9 Å². The number of ether oxygens (including phenoxy) is 1. The van der Waals surface area contributed by atoms with Gasteiger partial charge in [-0.2, -0.15) is 0 Å². The summed E-state index contributed by atoms with van der Waals surface area (Å²) in [6, 6.07) is 11.0. The standard InChI is InChI=1S/C13H10BrFN2O/c14-10-6-5-8(15)7-12(10)18-11-4-2-1-3-9(11)13(16)17/h1-7H,(H3,16,17). The average Bonchev–Trinajstić information content (AvgIpc) is 2.34. The Morgan fingerprint density at radius 1 is 1.17 bits per heavy atom. The maximum atomic E-state index is 13.1. The second-order valence-electron chi connectivity index (χ2n) is 3.59. The van der Waals surface area contributed by atoms with Crippen molar-refractivity contribution in [3.8, 4) is 11.5 Å². The van der Waals surface area contributed by atoms with Gasteiger partial charge in [-0.25, -0.2) is 4.39 Å². The van der Waals surface area contributed by atoms with Crippen molar-refractivity contribution < 1.29 is 9.13 Å². The molecule has 0 radical (unpaired) electrons. The second-order valence-corrected chi connectivity index (χ2v) is 4.44. The van der Waals surface area contributed by atoms with E-state index in [1.165, 1.54) is 12.1 Å². The quantitative estimate of drug-likeness (QED) is 0.671. The first-order valence-electron chi connectivity index (χ1n) is 5.14. The van der Waals surface area contributed by atoms with Crippen LogP contribution < -0.4 is 10.5 Å². The Labute approximate surface area is 112 Å². The monoisotopic (exact) mass is 308 g/mol. The van der Waals surface area contributed by atoms with Gasteiger partial charge in [-0.05, 0) is 40.2 Å². The van der Waals surface area contributed by atoms with Gasteiger partial charge in [0.15, 0.2) is 0 Å². The Hall–Kier alpha value is -1.88. The topological polar surface area (TPSA) is 59.1 Å². The summed E-state index contributed by atoms with van der Waals surface area (Å²) in [5, 5.41) is 7.45. The number of amidine groups is 1. The van der Waals surface area contributed by atoms with Crippen LogP contribution >= 0.6 is 15.9 Å². The first-order valence-corrected chi connectivity index (χ1v) is 5.93. The highest BCUT2D eigenvalue weighted by Crippen LogP contribution is 2.31. The van der Waals surface area contributed by atoms with Crippen molar-refractivity contribution in [1.29, 1.82) is 5.41 Å². The van der Waals surface area contributed by atoms with E-state index in [1.807, 2.05) is 0 Å². The van der Waals surface area contributed by atoms with Gasteiger partial charge in [0.2, 0.25) is 0 Å². The van der Waals surface area contributed by atoms with E-state index < -0.39 is 5.82 Å². The lowest BCUT2D eigenvalue weighted by atomic mass is 10.2. The summed E-state index contributed by atoms with van der Waals surface area (Å²) in [6.07, 6.45) is 0. The van der Waals surface area contributed by atoms with Crippen molar-refractivity contribution >= 4 is 21.8 Å². The predicted octanol–water partition coefficient (Wildman–Crippen LogP) is 3.66. The summed E-state index contributed by atoms with van der Waals surface area (Å²) >= 11 is 3.27. The van der Waals surface area contributed by atoms with Gasteiger partial charge in [0.25, 0.3) is 0 Å². The molecule has 0 heterocycles. The van der Waals surface area contributed by atoms with Crippen LogP contribution in [-0.2, 0) is 0 Å². The Balaban J connectivity index is 2.40. The zero-order chi connectivity index (χ0) is 13.1. The Morgan fingerprint density at radius 2 is 1.89 bits per heavy atom. The average molecular weight is 309 g/mol. The molecule has 3 nitrogen and oxygen atoms in total. The van der Waals surface area contributed by atoms with Crippen molar-refractivity contribution in [1.82, 2.24) is 0 Å². The van der Waals surface area contributed by atoms with Crippen molar-refractivity contribution in [2.45, 2.75) is 0 Å². The smallest absolute Gasteiger partial charge is 0.144 e. The number of rotatable bonds is 3. The van der Waals surface area contributed by atoms with E-state index in [4.69, 9.17) is 15.9 Å². The molecule has 0 saturated carbocycles. The molecule has 0 saturated heterocycles. The first kappa shape index (κ1) is 12.6. The fraction of sp³-hybridized carbons (Fsp3) is 0. The van der Waals surface area contributed by atoms with Crippen molar-refractivity contribution in [2.24, 2.45) is 5.73 Å². The fourth-order valence-corrected chi connectivity index (χ4v) is 1.78. The Kier molecular flexibility index (Phi) is 3.62. The third kappa shape index (κ3) is 2.68. The predicted molar refractivity (Wildman–Crippen MR) is 71.6 cm³/mol. The molecule has 0 bridgehead atoms. The molecular weight excluding hydrogens is 299 g/mol. The minimum atomic E-state index is -0.395. The number of nitrogens with two attached hydrogens (primary N) is 1. The minimum absolute atomic E-state index is 0.0990. The van der Waals surface area contributed by atoms with Gasteiger partial charge < -0.3 is 10.5 Å². The van der Waals surface area contributed by atoms with Gasteiger partial charge in [0.05, 0.1) is 10.0 Å². The fourth-order valence-electron chi connectivity index (χ4n) is 1.45. The molecule has 0 aliphatic carbocycles. The number of halogens is 2. The Bertz CT molecular complexity index is 601. The van der Waals surface area contributed by atoms with E-state index in [0.29, 0.717) is 21.5 Å². The molecule has 0 atom stereocenters. The summed E-state index contributed by atoms with van der Waals surface area (Å²) in [4.78, 5) is 0. The van der Waals surface area contributed by atoms with Crippen LogP contribution in [0.15, 0.2) is 46.9 Å². The molecule has 18 heavy (non-hydrogen) atoms. The largest absolute Gasteiger partial charge is 0.455 e. The summed E-state index contributed by atoms with van der Waals surface area (Å²) in [7, 11) is 0. The number of nitrogen functional groups attached to an aromatic ring is 1. The van der Waals surface area contributed by atoms with Gasteiger partial charge in [-0.15, -0.1) is 0 Å². The highest BCUT2D eigenvalue weighted by atomic mass is 79.9. The molecule has 92 valence electrons.